The van der Waals surface area contributed by atoms with Gasteiger partial charge in [0.15, 0.2) is 0 Å². The molecule has 13 heavy (non-hydrogen) atoms. The molecule has 1 saturated carbocycles. The van der Waals surface area contributed by atoms with Crippen molar-refractivity contribution in [3.05, 3.63) is 16.4 Å². The highest BCUT2D eigenvalue weighted by Gasteiger charge is 2.37. The maximum absolute atomic E-state index is 8.64. The van der Waals surface area contributed by atoms with Gasteiger partial charge in [-0.3, -0.25) is 4.68 Å². The summed E-state index contributed by atoms with van der Waals surface area (Å²) in [5, 5.41) is 12.9. The second-order valence-corrected chi connectivity index (χ2v) is 4.35. The van der Waals surface area contributed by atoms with Gasteiger partial charge in [0.1, 0.15) is 0 Å². The van der Waals surface area contributed by atoms with E-state index in [0.29, 0.717) is 5.92 Å². The Bertz CT molecular complexity index is 363. The van der Waals surface area contributed by atoms with Crippen LogP contribution in [0.3, 0.4) is 0 Å². The average Bonchev–Trinajstić information content (AvgIpc) is 2.81. The van der Waals surface area contributed by atoms with Crippen LogP contribution in [0.25, 0.3) is 0 Å². The van der Waals surface area contributed by atoms with Gasteiger partial charge < -0.3 is 0 Å². The number of hydrogen-bond donors (Lipinski definition) is 0. The molecule has 0 saturated heterocycles. The highest BCUT2D eigenvalue weighted by Crippen LogP contribution is 2.39. The molecule has 1 aromatic rings. The molecule has 0 spiro atoms. The highest BCUT2D eigenvalue weighted by atomic mass is 79.9. The molecule has 2 unspecified atom stereocenters. The Morgan fingerprint density at radius 2 is 2.62 bits per heavy atom. The number of aromatic nitrogens is 2. The van der Waals surface area contributed by atoms with E-state index in [2.05, 4.69) is 27.1 Å². The molecule has 0 aliphatic heterocycles. The van der Waals surface area contributed by atoms with E-state index in [1.807, 2.05) is 11.6 Å². The van der Waals surface area contributed by atoms with Crippen LogP contribution in [0.15, 0.2) is 10.7 Å². The third kappa shape index (κ3) is 1.61. The molecule has 0 bridgehead atoms. The molecule has 1 aliphatic carbocycles. The molecule has 0 aromatic carbocycles. The van der Waals surface area contributed by atoms with Gasteiger partial charge in [-0.05, 0) is 35.2 Å². The Labute approximate surface area is 85.5 Å². The van der Waals surface area contributed by atoms with Gasteiger partial charge in [-0.15, -0.1) is 0 Å². The molecule has 1 aromatic heterocycles. The fourth-order valence-corrected chi connectivity index (χ4v) is 1.73. The van der Waals surface area contributed by atoms with E-state index in [-0.39, 0.29) is 5.92 Å². The summed E-state index contributed by atoms with van der Waals surface area (Å²) in [6, 6.07) is 2.28. The summed E-state index contributed by atoms with van der Waals surface area (Å²) in [6.45, 7) is 2.91. The average molecular weight is 240 g/mol. The topological polar surface area (TPSA) is 41.6 Å². The van der Waals surface area contributed by atoms with Crippen molar-refractivity contribution >= 4 is 15.9 Å². The van der Waals surface area contributed by atoms with Crippen molar-refractivity contribution in [1.82, 2.24) is 9.78 Å². The third-order valence-electron chi connectivity index (χ3n) is 2.54. The predicted molar refractivity (Wildman–Crippen MR) is 51.9 cm³/mol. The molecule has 2 atom stereocenters. The fraction of sp³-hybridized carbons (Fsp3) is 0.556. The Balaban J connectivity index is 2.04. The molecule has 0 N–H and O–H groups in total. The quantitative estimate of drug-likeness (QED) is 0.794. The van der Waals surface area contributed by atoms with Crippen molar-refractivity contribution in [2.75, 3.05) is 0 Å². The van der Waals surface area contributed by atoms with E-state index >= 15 is 0 Å². The van der Waals surface area contributed by atoms with E-state index in [1.54, 1.807) is 6.20 Å². The Hall–Kier alpha value is -0.820. The van der Waals surface area contributed by atoms with E-state index in [0.717, 1.165) is 23.1 Å². The van der Waals surface area contributed by atoms with Crippen molar-refractivity contribution in [2.45, 2.75) is 19.9 Å². The van der Waals surface area contributed by atoms with Gasteiger partial charge in [-0.25, -0.2) is 0 Å². The van der Waals surface area contributed by atoms with Gasteiger partial charge in [0.05, 0.1) is 22.7 Å². The first-order valence-corrected chi connectivity index (χ1v) is 5.09. The summed E-state index contributed by atoms with van der Waals surface area (Å²) in [7, 11) is 0. The number of nitriles is 1. The van der Waals surface area contributed by atoms with Crippen LogP contribution in [0.4, 0.5) is 0 Å². The summed E-state index contributed by atoms with van der Waals surface area (Å²) in [5.41, 5.74) is 1.14. The number of hydrogen-bond acceptors (Lipinski definition) is 2. The lowest BCUT2D eigenvalue weighted by Gasteiger charge is -2.01. The standard InChI is InChI=1S/C9H10BrN3/c1-6-9(10)4-12-13(6)5-8-2-7(8)3-11/h4,7-8H,2,5H2,1H3. The fourth-order valence-electron chi connectivity index (χ4n) is 1.44. The van der Waals surface area contributed by atoms with E-state index in [9.17, 15) is 0 Å². The van der Waals surface area contributed by atoms with Gasteiger partial charge in [0.2, 0.25) is 0 Å². The van der Waals surface area contributed by atoms with Crippen molar-refractivity contribution in [1.29, 1.82) is 5.26 Å². The van der Waals surface area contributed by atoms with Crippen molar-refractivity contribution in [2.24, 2.45) is 11.8 Å². The molecule has 2 rings (SSSR count). The zero-order valence-electron chi connectivity index (χ0n) is 7.37. The molecule has 0 amide bonds. The lowest BCUT2D eigenvalue weighted by molar-refractivity contribution is 0.538. The number of rotatable bonds is 2. The maximum Gasteiger partial charge on any atom is 0.0659 e. The third-order valence-corrected chi connectivity index (χ3v) is 3.32. The Kier molecular flexibility index (Phi) is 2.12. The minimum atomic E-state index is 0.266. The molecular weight excluding hydrogens is 230 g/mol. The van der Waals surface area contributed by atoms with Crippen LogP contribution < -0.4 is 0 Å². The second-order valence-electron chi connectivity index (χ2n) is 3.49. The number of halogens is 1. The monoisotopic (exact) mass is 239 g/mol. The normalized spacial score (nSPS) is 25.6. The summed E-state index contributed by atoms with van der Waals surface area (Å²) in [5.74, 6) is 0.790. The summed E-state index contributed by atoms with van der Waals surface area (Å²) in [6.07, 6.45) is 2.84. The van der Waals surface area contributed by atoms with Crippen LogP contribution >= 0.6 is 15.9 Å². The highest BCUT2D eigenvalue weighted by molar-refractivity contribution is 9.10. The van der Waals surface area contributed by atoms with Crippen LogP contribution in [0.5, 0.6) is 0 Å². The second kappa shape index (κ2) is 3.15. The van der Waals surface area contributed by atoms with Gasteiger partial charge in [-0.1, -0.05) is 0 Å². The van der Waals surface area contributed by atoms with Crippen LogP contribution in [0.1, 0.15) is 12.1 Å². The Morgan fingerprint density at radius 3 is 3.08 bits per heavy atom. The largest absolute Gasteiger partial charge is 0.268 e. The van der Waals surface area contributed by atoms with E-state index < -0.39 is 0 Å². The molecule has 4 heteroatoms. The molecule has 1 heterocycles. The van der Waals surface area contributed by atoms with Gasteiger partial charge in [0.25, 0.3) is 0 Å². The summed E-state index contributed by atoms with van der Waals surface area (Å²) in [4.78, 5) is 0. The minimum Gasteiger partial charge on any atom is -0.268 e. The first kappa shape index (κ1) is 8.76. The summed E-state index contributed by atoms with van der Waals surface area (Å²) < 4.78 is 3.01. The number of nitrogens with zero attached hydrogens (tertiary/aromatic N) is 3. The zero-order valence-corrected chi connectivity index (χ0v) is 8.95. The predicted octanol–water partition coefficient (Wildman–Crippen LogP) is 2.11. The van der Waals surface area contributed by atoms with Crippen LogP contribution in [0, 0.1) is 30.1 Å². The van der Waals surface area contributed by atoms with Gasteiger partial charge >= 0.3 is 0 Å². The van der Waals surface area contributed by atoms with Gasteiger partial charge in [0, 0.05) is 12.2 Å². The van der Waals surface area contributed by atoms with Crippen LogP contribution in [-0.4, -0.2) is 9.78 Å². The van der Waals surface area contributed by atoms with Crippen molar-refractivity contribution < 1.29 is 0 Å². The lowest BCUT2D eigenvalue weighted by atomic mass is 10.3. The SMILES string of the molecule is Cc1c(Br)cnn1CC1CC1C#N. The summed E-state index contributed by atoms with van der Waals surface area (Å²) >= 11 is 3.41. The lowest BCUT2D eigenvalue weighted by Crippen LogP contribution is -2.04. The van der Waals surface area contributed by atoms with Gasteiger partial charge in [-0.2, -0.15) is 10.4 Å². The Morgan fingerprint density at radius 1 is 1.85 bits per heavy atom. The van der Waals surface area contributed by atoms with E-state index in [1.165, 1.54) is 0 Å². The first-order valence-electron chi connectivity index (χ1n) is 4.30. The minimum absolute atomic E-state index is 0.266. The molecule has 68 valence electrons. The molecule has 3 nitrogen and oxygen atoms in total. The smallest absolute Gasteiger partial charge is 0.0659 e. The van der Waals surface area contributed by atoms with Crippen molar-refractivity contribution in [3.8, 4) is 6.07 Å². The molecular formula is C9H10BrN3. The molecule has 1 aliphatic rings. The zero-order chi connectivity index (χ0) is 9.42. The van der Waals surface area contributed by atoms with Crippen molar-refractivity contribution in [3.63, 3.8) is 0 Å². The van der Waals surface area contributed by atoms with Crippen LogP contribution in [0.2, 0.25) is 0 Å². The molecule has 0 radical (unpaired) electrons. The first-order chi connectivity index (χ1) is 6.22. The van der Waals surface area contributed by atoms with E-state index in [4.69, 9.17) is 5.26 Å². The maximum atomic E-state index is 8.64. The molecule has 1 fully saturated rings. The van der Waals surface area contributed by atoms with Crippen LogP contribution in [-0.2, 0) is 6.54 Å².